The van der Waals surface area contributed by atoms with E-state index in [1.54, 1.807) is 28.6 Å². The number of halogens is 1. The van der Waals surface area contributed by atoms with Crippen molar-refractivity contribution in [1.29, 1.82) is 0 Å². The van der Waals surface area contributed by atoms with Gasteiger partial charge in [-0.05, 0) is 35.7 Å². The van der Waals surface area contributed by atoms with Crippen molar-refractivity contribution in [3.63, 3.8) is 0 Å². The van der Waals surface area contributed by atoms with Crippen LogP contribution in [-0.4, -0.2) is 41.5 Å². The fraction of sp³-hybridized carbons (Fsp3) is 0.308. The number of nitrogens with zero attached hydrogens (tertiary/aromatic N) is 5. The van der Waals surface area contributed by atoms with E-state index in [9.17, 15) is 14.4 Å². The van der Waals surface area contributed by atoms with E-state index in [-0.39, 0.29) is 5.92 Å². The Bertz CT molecular complexity index is 1800. The highest BCUT2D eigenvalue weighted by molar-refractivity contribution is 6.31. The standard InChI is InChI=1S/C26H27ClN6O4/c1-14(2)11-32-23-21(24(34)31(4)26(32)36)22(20-8-15(12-30(20)3)25(35)37-5)33(29-23)13-16-10-28-19-7-6-17(27)9-18(16)19/h6-10,12,14,28H,11,13H2,1-5H3. The van der Waals surface area contributed by atoms with Crippen molar-refractivity contribution in [2.45, 2.75) is 26.9 Å². The lowest BCUT2D eigenvalue weighted by atomic mass is 10.1. The zero-order chi connectivity index (χ0) is 26.6. The third-order valence-corrected chi connectivity index (χ3v) is 6.73. The molecule has 4 heterocycles. The Morgan fingerprint density at radius 3 is 2.65 bits per heavy atom. The van der Waals surface area contributed by atoms with Crippen LogP contribution in [0.3, 0.4) is 0 Å². The smallest absolute Gasteiger partial charge is 0.339 e. The lowest BCUT2D eigenvalue weighted by Crippen LogP contribution is -2.38. The Labute approximate surface area is 216 Å². The highest BCUT2D eigenvalue weighted by Gasteiger charge is 2.26. The molecule has 5 aromatic rings. The third kappa shape index (κ3) is 4.07. The van der Waals surface area contributed by atoms with E-state index < -0.39 is 17.2 Å². The zero-order valence-corrected chi connectivity index (χ0v) is 22.0. The van der Waals surface area contributed by atoms with Gasteiger partial charge in [-0.15, -0.1) is 0 Å². The molecule has 0 unspecified atom stereocenters. The van der Waals surface area contributed by atoms with Crippen LogP contribution in [0, 0.1) is 5.92 Å². The molecule has 37 heavy (non-hydrogen) atoms. The summed E-state index contributed by atoms with van der Waals surface area (Å²) in [6, 6.07) is 7.25. The monoisotopic (exact) mass is 522 g/mol. The van der Waals surface area contributed by atoms with Crippen LogP contribution < -0.4 is 11.2 Å². The molecular formula is C26H27ClN6O4. The van der Waals surface area contributed by atoms with E-state index in [0.717, 1.165) is 21.0 Å². The number of hydrogen-bond donors (Lipinski definition) is 1. The summed E-state index contributed by atoms with van der Waals surface area (Å²) < 4.78 is 11.0. The summed E-state index contributed by atoms with van der Waals surface area (Å²) in [4.78, 5) is 42.2. The lowest BCUT2D eigenvalue weighted by Gasteiger charge is -2.11. The van der Waals surface area contributed by atoms with Crippen LogP contribution in [-0.2, 0) is 31.9 Å². The molecule has 10 nitrogen and oxygen atoms in total. The molecular weight excluding hydrogens is 496 g/mol. The van der Waals surface area contributed by atoms with Gasteiger partial charge in [-0.25, -0.2) is 9.59 Å². The first-order chi connectivity index (χ1) is 17.6. The molecule has 0 spiro atoms. The molecule has 0 radical (unpaired) electrons. The Hall–Kier alpha value is -4.05. The first-order valence-electron chi connectivity index (χ1n) is 11.8. The van der Waals surface area contributed by atoms with Gasteiger partial charge in [-0.2, -0.15) is 5.10 Å². The van der Waals surface area contributed by atoms with Crippen molar-refractivity contribution in [2.75, 3.05) is 7.11 Å². The second-order valence-corrected chi connectivity index (χ2v) is 10.0. The molecule has 1 aromatic carbocycles. The van der Waals surface area contributed by atoms with Gasteiger partial charge in [0.05, 0.1) is 24.9 Å². The third-order valence-electron chi connectivity index (χ3n) is 6.49. The predicted molar refractivity (Wildman–Crippen MR) is 142 cm³/mol. The van der Waals surface area contributed by atoms with Gasteiger partial charge in [0.2, 0.25) is 0 Å². The van der Waals surface area contributed by atoms with Crippen LogP contribution in [0.5, 0.6) is 0 Å². The number of esters is 1. The van der Waals surface area contributed by atoms with Crippen molar-refractivity contribution in [2.24, 2.45) is 20.0 Å². The average molecular weight is 523 g/mol. The highest BCUT2D eigenvalue weighted by Crippen LogP contribution is 2.30. The number of carbonyl (C=O) groups is 1. The molecule has 0 fully saturated rings. The largest absolute Gasteiger partial charge is 0.465 e. The fourth-order valence-corrected chi connectivity index (χ4v) is 4.91. The van der Waals surface area contributed by atoms with E-state index in [2.05, 4.69) is 4.98 Å². The summed E-state index contributed by atoms with van der Waals surface area (Å²) in [6.45, 7) is 4.68. The summed E-state index contributed by atoms with van der Waals surface area (Å²) in [5.74, 6) is -0.350. The molecule has 0 aliphatic carbocycles. The van der Waals surface area contributed by atoms with Crippen LogP contribution in [0.2, 0.25) is 5.02 Å². The average Bonchev–Trinajstić information content (AvgIpc) is 3.55. The number of fused-ring (bicyclic) bond motifs is 2. The Kier molecular flexibility index (Phi) is 6.07. The maximum absolute atomic E-state index is 13.5. The van der Waals surface area contributed by atoms with Gasteiger partial charge in [0, 0.05) is 49.0 Å². The molecule has 0 bridgehead atoms. The zero-order valence-electron chi connectivity index (χ0n) is 21.2. The SMILES string of the molecule is COC(=O)c1cc(-c2c3c(=O)n(C)c(=O)n(CC(C)C)c3nn2Cc2c[nH]c3ccc(Cl)cc23)n(C)c1. The van der Waals surface area contributed by atoms with E-state index in [0.29, 0.717) is 46.1 Å². The van der Waals surface area contributed by atoms with Crippen molar-refractivity contribution in [3.05, 3.63) is 73.6 Å². The fourth-order valence-electron chi connectivity index (χ4n) is 4.74. The van der Waals surface area contributed by atoms with Crippen LogP contribution in [0.15, 0.2) is 46.2 Å². The van der Waals surface area contributed by atoms with E-state index in [1.807, 2.05) is 38.2 Å². The summed E-state index contributed by atoms with van der Waals surface area (Å²) in [7, 11) is 4.57. The van der Waals surface area contributed by atoms with Gasteiger partial charge in [0.25, 0.3) is 5.56 Å². The van der Waals surface area contributed by atoms with E-state index >= 15 is 0 Å². The number of methoxy groups -OCH3 is 1. The van der Waals surface area contributed by atoms with Crippen molar-refractivity contribution < 1.29 is 9.53 Å². The molecule has 0 amide bonds. The highest BCUT2D eigenvalue weighted by atomic mass is 35.5. The van der Waals surface area contributed by atoms with Gasteiger partial charge in [0.1, 0.15) is 11.1 Å². The molecule has 1 N–H and O–H groups in total. The van der Waals surface area contributed by atoms with Crippen LogP contribution in [0.1, 0.15) is 29.8 Å². The number of hydrogen-bond acceptors (Lipinski definition) is 5. The van der Waals surface area contributed by atoms with Gasteiger partial charge in [-0.3, -0.25) is 18.6 Å². The van der Waals surface area contributed by atoms with Crippen LogP contribution in [0.4, 0.5) is 0 Å². The van der Waals surface area contributed by atoms with Crippen molar-refractivity contribution >= 4 is 39.5 Å². The van der Waals surface area contributed by atoms with Crippen molar-refractivity contribution in [3.8, 4) is 11.4 Å². The van der Waals surface area contributed by atoms with Gasteiger partial charge in [-0.1, -0.05) is 25.4 Å². The Morgan fingerprint density at radius 2 is 1.95 bits per heavy atom. The molecule has 0 saturated heterocycles. The molecule has 4 aromatic heterocycles. The number of rotatable bonds is 6. The molecule has 0 aliphatic rings. The molecule has 0 atom stereocenters. The minimum atomic E-state index is -0.492. The first-order valence-corrected chi connectivity index (χ1v) is 12.2. The molecule has 5 rings (SSSR count). The number of H-pyrrole nitrogens is 1. The number of aryl methyl sites for hydroxylation is 1. The normalized spacial score (nSPS) is 11.8. The molecule has 0 aliphatic heterocycles. The number of nitrogens with one attached hydrogen (secondary N) is 1. The summed E-state index contributed by atoms with van der Waals surface area (Å²) in [6.07, 6.45) is 3.52. The van der Waals surface area contributed by atoms with Crippen molar-refractivity contribution in [1.82, 2.24) is 28.5 Å². The van der Waals surface area contributed by atoms with E-state index in [4.69, 9.17) is 21.4 Å². The van der Waals surface area contributed by atoms with Crippen LogP contribution in [0.25, 0.3) is 33.3 Å². The number of aromatic nitrogens is 6. The number of aromatic amines is 1. The van der Waals surface area contributed by atoms with Crippen LogP contribution >= 0.6 is 11.6 Å². The molecule has 192 valence electrons. The van der Waals surface area contributed by atoms with Gasteiger partial charge < -0.3 is 14.3 Å². The second kappa shape index (κ2) is 9.11. The van der Waals surface area contributed by atoms with Gasteiger partial charge in [0.15, 0.2) is 5.65 Å². The Balaban J connectivity index is 1.84. The summed E-state index contributed by atoms with van der Waals surface area (Å²) in [5, 5.41) is 6.64. The Morgan fingerprint density at radius 1 is 1.19 bits per heavy atom. The number of carbonyl (C=O) groups excluding carboxylic acids is 1. The maximum Gasteiger partial charge on any atom is 0.339 e. The quantitative estimate of drug-likeness (QED) is 0.343. The summed E-state index contributed by atoms with van der Waals surface area (Å²) >= 11 is 6.27. The topological polar surface area (TPSA) is 109 Å². The minimum Gasteiger partial charge on any atom is -0.465 e. The predicted octanol–water partition coefficient (Wildman–Crippen LogP) is 3.53. The van der Waals surface area contributed by atoms with E-state index in [1.165, 1.54) is 18.7 Å². The molecule has 0 saturated carbocycles. The van der Waals surface area contributed by atoms with Gasteiger partial charge >= 0.3 is 11.7 Å². The minimum absolute atomic E-state index is 0.142. The summed E-state index contributed by atoms with van der Waals surface area (Å²) in [5.41, 5.74) is 2.67. The first kappa shape index (κ1) is 24.6. The maximum atomic E-state index is 13.5. The number of benzene rings is 1. The number of ether oxygens (including phenoxy) is 1. The molecule has 11 heteroatoms. The second-order valence-electron chi connectivity index (χ2n) is 9.58. The lowest BCUT2D eigenvalue weighted by molar-refractivity contribution is 0.0600.